The normalized spacial score (nSPS) is 13.4. The highest BCUT2D eigenvalue weighted by atomic mass is 32.2. The zero-order valence-corrected chi connectivity index (χ0v) is 17.9. The summed E-state index contributed by atoms with van der Waals surface area (Å²) in [6.07, 6.45) is 7.53. The van der Waals surface area contributed by atoms with Gasteiger partial charge in [0.05, 0.1) is 12.3 Å². The minimum absolute atomic E-state index is 0.0446. The summed E-state index contributed by atoms with van der Waals surface area (Å²) in [6, 6.07) is 3.62. The lowest BCUT2D eigenvalue weighted by molar-refractivity contribution is 0.0512. The van der Waals surface area contributed by atoms with Gasteiger partial charge in [-0.25, -0.2) is 14.5 Å². The molecule has 156 valence electrons. The lowest BCUT2D eigenvalue weighted by Gasteiger charge is -2.16. The van der Waals surface area contributed by atoms with Gasteiger partial charge < -0.3 is 9.26 Å². The standard InChI is InChI=1S/C21H22N4O4S/c1-4-13-14(8-9-15(20(13)30-3)25-11-22-10-23-25)18(26)16-17(21(27)28-5-2)24-29-19(16)12-6-7-12/h8-12H,4-7H2,1-3H3. The van der Waals surface area contributed by atoms with E-state index in [1.165, 1.54) is 6.33 Å². The van der Waals surface area contributed by atoms with E-state index in [2.05, 4.69) is 15.2 Å². The largest absolute Gasteiger partial charge is 0.461 e. The number of ether oxygens (including phenoxy) is 1. The molecule has 2 aromatic heterocycles. The molecule has 2 heterocycles. The molecular formula is C21H22N4O4S. The average Bonchev–Trinajstić information content (AvgIpc) is 3.27. The first kappa shape index (κ1) is 20.3. The van der Waals surface area contributed by atoms with Crippen LogP contribution in [0.2, 0.25) is 0 Å². The molecule has 1 aromatic carbocycles. The van der Waals surface area contributed by atoms with Gasteiger partial charge >= 0.3 is 5.97 Å². The van der Waals surface area contributed by atoms with E-state index in [1.54, 1.807) is 35.8 Å². The van der Waals surface area contributed by atoms with Crippen molar-refractivity contribution in [1.82, 2.24) is 19.9 Å². The second-order valence-electron chi connectivity index (χ2n) is 6.93. The fourth-order valence-electron chi connectivity index (χ4n) is 3.54. The summed E-state index contributed by atoms with van der Waals surface area (Å²) in [5, 5.41) is 8.12. The van der Waals surface area contributed by atoms with Crippen molar-refractivity contribution in [2.24, 2.45) is 0 Å². The van der Waals surface area contributed by atoms with Crippen molar-refractivity contribution in [2.45, 2.75) is 43.9 Å². The van der Waals surface area contributed by atoms with Gasteiger partial charge in [-0.15, -0.1) is 11.8 Å². The van der Waals surface area contributed by atoms with E-state index in [9.17, 15) is 9.59 Å². The van der Waals surface area contributed by atoms with Crippen LogP contribution in [0.1, 0.15) is 70.3 Å². The number of aromatic nitrogens is 4. The number of nitrogens with zero attached hydrogens (tertiary/aromatic N) is 4. The summed E-state index contributed by atoms with van der Waals surface area (Å²) in [5.41, 5.74) is 2.45. The topological polar surface area (TPSA) is 100 Å². The predicted octanol–water partition coefficient (Wildman–Crippen LogP) is 3.82. The molecule has 30 heavy (non-hydrogen) atoms. The van der Waals surface area contributed by atoms with Crippen molar-refractivity contribution in [1.29, 1.82) is 0 Å². The Hall–Kier alpha value is -2.94. The van der Waals surface area contributed by atoms with Gasteiger partial charge in [-0.2, -0.15) is 5.10 Å². The number of carbonyl (C=O) groups excluding carboxylic acids is 2. The maximum Gasteiger partial charge on any atom is 0.361 e. The van der Waals surface area contributed by atoms with Gasteiger partial charge in [0.25, 0.3) is 0 Å². The molecule has 1 aliphatic rings. The Balaban J connectivity index is 1.84. The van der Waals surface area contributed by atoms with Crippen molar-refractivity contribution >= 4 is 23.5 Å². The molecule has 1 aliphatic carbocycles. The summed E-state index contributed by atoms with van der Waals surface area (Å²) >= 11 is 1.54. The monoisotopic (exact) mass is 426 g/mol. The molecule has 0 amide bonds. The fraction of sp³-hybridized carbons (Fsp3) is 0.381. The minimum Gasteiger partial charge on any atom is -0.461 e. The number of ketones is 1. The van der Waals surface area contributed by atoms with E-state index in [-0.39, 0.29) is 29.6 Å². The minimum atomic E-state index is -0.640. The van der Waals surface area contributed by atoms with E-state index < -0.39 is 5.97 Å². The van der Waals surface area contributed by atoms with Crippen molar-refractivity contribution in [3.8, 4) is 5.69 Å². The van der Waals surface area contributed by atoms with Crippen LogP contribution in [0.3, 0.4) is 0 Å². The fourth-order valence-corrected chi connectivity index (χ4v) is 4.41. The maximum atomic E-state index is 13.7. The lowest BCUT2D eigenvalue weighted by atomic mass is 9.94. The Morgan fingerprint density at radius 3 is 2.70 bits per heavy atom. The number of carbonyl (C=O) groups is 2. The van der Waals surface area contributed by atoms with Gasteiger partial charge in [-0.1, -0.05) is 12.1 Å². The second kappa shape index (κ2) is 8.43. The number of hydrogen-bond donors (Lipinski definition) is 0. The van der Waals surface area contributed by atoms with Gasteiger partial charge in [0.2, 0.25) is 5.69 Å². The molecule has 0 aliphatic heterocycles. The van der Waals surface area contributed by atoms with E-state index in [4.69, 9.17) is 9.26 Å². The zero-order valence-electron chi connectivity index (χ0n) is 17.0. The highest BCUT2D eigenvalue weighted by Crippen LogP contribution is 2.43. The van der Waals surface area contributed by atoms with Gasteiger partial charge in [-0.3, -0.25) is 4.79 Å². The first-order valence-electron chi connectivity index (χ1n) is 9.86. The Morgan fingerprint density at radius 1 is 1.30 bits per heavy atom. The van der Waals surface area contributed by atoms with Crippen LogP contribution >= 0.6 is 11.8 Å². The maximum absolute atomic E-state index is 13.7. The third kappa shape index (κ3) is 3.54. The van der Waals surface area contributed by atoms with Crippen LogP contribution in [-0.2, 0) is 11.2 Å². The van der Waals surface area contributed by atoms with E-state index in [1.807, 2.05) is 19.2 Å². The highest BCUT2D eigenvalue weighted by molar-refractivity contribution is 7.98. The quantitative estimate of drug-likeness (QED) is 0.304. The molecule has 4 rings (SSSR count). The van der Waals surface area contributed by atoms with Crippen LogP contribution in [0.15, 0.2) is 34.2 Å². The second-order valence-corrected chi connectivity index (χ2v) is 7.75. The molecule has 0 spiro atoms. The van der Waals surface area contributed by atoms with Crippen LogP contribution in [-0.4, -0.2) is 44.5 Å². The van der Waals surface area contributed by atoms with Crippen molar-refractivity contribution in [2.75, 3.05) is 12.9 Å². The summed E-state index contributed by atoms with van der Waals surface area (Å²) in [5.74, 6) is -0.298. The van der Waals surface area contributed by atoms with Crippen LogP contribution in [0.5, 0.6) is 0 Å². The third-order valence-corrected chi connectivity index (χ3v) is 5.93. The molecule has 3 aromatic rings. The molecule has 1 saturated carbocycles. The lowest BCUT2D eigenvalue weighted by Crippen LogP contribution is -2.15. The van der Waals surface area contributed by atoms with Gasteiger partial charge in [0.15, 0.2) is 11.5 Å². The molecule has 9 heteroatoms. The summed E-state index contributed by atoms with van der Waals surface area (Å²) < 4.78 is 12.2. The predicted molar refractivity (Wildman–Crippen MR) is 110 cm³/mol. The summed E-state index contributed by atoms with van der Waals surface area (Å²) in [6.45, 7) is 3.91. The summed E-state index contributed by atoms with van der Waals surface area (Å²) in [4.78, 5) is 31.1. The molecule has 1 fully saturated rings. The Bertz CT molecular complexity index is 1090. The molecule has 0 bridgehead atoms. The Kier molecular flexibility index (Phi) is 5.72. The molecule has 0 atom stereocenters. The molecular weight excluding hydrogens is 404 g/mol. The first-order valence-corrected chi connectivity index (χ1v) is 11.1. The van der Waals surface area contributed by atoms with E-state index >= 15 is 0 Å². The Morgan fingerprint density at radius 2 is 2.10 bits per heavy atom. The van der Waals surface area contributed by atoms with Gasteiger partial charge in [-0.05, 0) is 50.1 Å². The molecule has 0 N–H and O–H groups in total. The highest BCUT2D eigenvalue weighted by Gasteiger charge is 2.38. The zero-order chi connectivity index (χ0) is 21.3. The first-order chi connectivity index (χ1) is 14.6. The van der Waals surface area contributed by atoms with E-state index in [0.717, 1.165) is 29.0 Å². The Labute approximate surface area is 178 Å². The smallest absolute Gasteiger partial charge is 0.361 e. The third-order valence-electron chi connectivity index (χ3n) is 5.07. The van der Waals surface area contributed by atoms with Gasteiger partial charge in [0.1, 0.15) is 18.2 Å². The van der Waals surface area contributed by atoms with E-state index in [0.29, 0.717) is 17.7 Å². The van der Waals surface area contributed by atoms with Crippen LogP contribution in [0.4, 0.5) is 0 Å². The van der Waals surface area contributed by atoms with Crippen molar-refractivity contribution in [3.05, 3.63) is 52.9 Å². The SMILES string of the molecule is CCOC(=O)c1noc(C2CC2)c1C(=O)c1ccc(-n2cncn2)c(SC)c1CC. The van der Waals surface area contributed by atoms with Crippen LogP contribution in [0, 0.1) is 0 Å². The molecule has 0 radical (unpaired) electrons. The van der Waals surface area contributed by atoms with Gasteiger partial charge in [0, 0.05) is 16.4 Å². The van der Waals surface area contributed by atoms with Crippen LogP contribution in [0.25, 0.3) is 5.69 Å². The molecule has 8 nitrogen and oxygen atoms in total. The van der Waals surface area contributed by atoms with Crippen molar-refractivity contribution < 1.29 is 18.8 Å². The van der Waals surface area contributed by atoms with Crippen molar-refractivity contribution in [3.63, 3.8) is 0 Å². The average molecular weight is 426 g/mol. The molecule has 0 unspecified atom stereocenters. The number of benzene rings is 1. The molecule has 0 saturated heterocycles. The number of hydrogen-bond acceptors (Lipinski definition) is 8. The number of rotatable bonds is 8. The van der Waals surface area contributed by atoms with Crippen LogP contribution < -0.4 is 0 Å². The number of esters is 1. The summed E-state index contributed by atoms with van der Waals surface area (Å²) in [7, 11) is 0. The number of thioether (sulfide) groups is 1.